The predicted molar refractivity (Wildman–Crippen MR) is 152 cm³/mol. The quantitative estimate of drug-likeness (QED) is 0.339. The molecule has 2 aliphatic rings. The summed E-state index contributed by atoms with van der Waals surface area (Å²) in [4.78, 5) is 12.0. The summed E-state index contributed by atoms with van der Waals surface area (Å²) in [5, 5.41) is 6.38. The zero-order valence-corrected chi connectivity index (χ0v) is 22.7. The summed E-state index contributed by atoms with van der Waals surface area (Å²) in [6.45, 7) is 16.0. The highest BCUT2D eigenvalue weighted by Gasteiger charge is 2.41. The van der Waals surface area contributed by atoms with Gasteiger partial charge in [-0.25, -0.2) is 4.98 Å². The Hall–Kier alpha value is -2.66. The molecule has 4 atom stereocenters. The van der Waals surface area contributed by atoms with E-state index in [4.69, 9.17) is 4.99 Å². The van der Waals surface area contributed by atoms with Crippen molar-refractivity contribution in [3.8, 4) is 0 Å². The van der Waals surface area contributed by atoms with E-state index in [1.807, 2.05) is 18.7 Å². The van der Waals surface area contributed by atoms with Gasteiger partial charge in [0.2, 0.25) is 0 Å². The van der Waals surface area contributed by atoms with E-state index in [0.717, 1.165) is 38.4 Å². The standard InChI is InChI=1S/C31H43N5/c1-6-36(7-2)28-19-25(21(3)4)26(18-22(28)5)24-13-12-23-10-8-11-27-29(23)30(24)31(34-27)33-14-9-16-35-17-15-32-20-35/h8,10-13,15,17,20-22,25-26,28H,6-7,9,14,16,18-19H2,1-5H3,(H,33,34). The molecule has 5 heteroatoms. The Labute approximate surface area is 217 Å². The average molecular weight is 486 g/mol. The summed E-state index contributed by atoms with van der Waals surface area (Å²) in [5.74, 6) is 3.66. The first kappa shape index (κ1) is 25.0. The lowest BCUT2D eigenvalue weighted by atomic mass is 9.64. The maximum atomic E-state index is 5.14. The molecule has 5 rings (SSSR count). The van der Waals surface area contributed by atoms with Gasteiger partial charge in [0.15, 0.2) is 0 Å². The van der Waals surface area contributed by atoms with Crippen LogP contribution in [0.3, 0.4) is 0 Å². The summed E-state index contributed by atoms with van der Waals surface area (Å²) >= 11 is 0. The van der Waals surface area contributed by atoms with Crippen molar-refractivity contribution >= 4 is 22.3 Å². The molecule has 1 aromatic heterocycles. The molecule has 3 aromatic rings. The normalized spacial score (nSPS) is 24.8. The van der Waals surface area contributed by atoms with Gasteiger partial charge in [0.05, 0.1) is 6.33 Å². The maximum absolute atomic E-state index is 5.14. The van der Waals surface area contributed by atoms with Gasteiger partial charge in [0, 0.05) is 48.2 Å². The van der Waals surface area contributed by atoms with Gasteiger partial charge in [-0.2, -0.15) is 0 Å². The van der Waals surface area contributed by atoms with Crippen molar-refractivity contribution < 1.29 is 0 Å². The number of hydrogen-bond acceptors (Lipinski definition) is 3. The lowest BCUT2D eigenvalue weighted by molar-refractivity contribution is 0.0656. The van der Waals surface area contributed by atoms with Crippen LogP contribution >= 0.6 is 0 Å². The highest BCUT2D eigenvalue weighted by Crippen LogP contribution is 2.49. The van der Waals surface area contributed by atoms with Crippen LogP contribution in [0, 0.1) is 17.8 Å². The number of amidine groups is 1. The van der Waals surface area contributed by atoms with Crippen molar-refractivity contribution in [2.75, 3.05) is 25.0 Å². The number of hydrogen-bond donors (Lipinski definition) is 1. The van der Waals surface area contributed by atoms with Gasteiger partial charge in [-0.1, -0.05) is 58.9 Å². The van der Waals surface area contributed by atoms with Gasteiger partial charge in [0.1, 0.15) is 5.84 Å². The first-order valence-corrected chi connectivity index (χ1v) is 14.1. The molecular formula is C31H43N5. The number of aryl methyl sites for hydroxylation is 1. The zero-order chi connectivity index (χ0) is 25.2. The van der Waals surface area contributed by atoms with E-state index in [0.29, 0.717) is 29.7 Å². The van der Waals surface area contributed by atoms with Gasteiger partial charge in [0.25, 0.3) is 0 Å². The van der Waals surface area contributed by atoms with Gasteiger partial charge < -0.3 is 14.8 Å². The Morgan fingerprint density at radius 3 is 2.69 bits per heavy atom. The van der Waals surface area contributed by atoms with E-state index in [2.05, 4.69) is 84.7 Å². The van der Waals surface area contributed by atoms with E-state index in [1.54, 1.807) is 0 Å². The molecule has 0 saturated heterocycles. The SMILES string of the molecule is CCN(CC)C1CC(C(C)C)C(c2ccc3cccc4c3c2C(=NCCCn2ccnc2)N4)CC1C. The average Bonchev–Trinajstić information content (AvgIpc) is 3.53. The monoisotopic (exact) mass is 485 g/mol. The third-order valence-electron chi connectivity index (χ3n) is 8.82. The molecule has 1 N–H and O–H groups in total. The Kier molecular flexibility index (Phi) is 7.47. The lowest BCUT2D eigenvalue weighted by Crippen LogP contribution is -2.46. The Balaban J connectivity index is 1.49. The third-order valence-corrected chi connectivity index (χ3v) is 8.82. The van der Waals surface area contributed by atoms with Crippen LogP contribution in [0.2, 0.25) is 0 Å². The van der Waals surface area contributed by atoms with Crippen molar-refractivity contribution in [1.29, 1.82) is 0 Å². The van der Waals surface area contributed by atoms with Crippen molar-refractivity contribution in [3.05, 3.63) is 60.2 Å². The molecule has 36 heavy (non-hydrogen) atoms. The van der Waals surface area contributed by atoms with E-state index in [1.165, 1.54) is 40.4 Å². The number of rotatable bonds is 9. The van der Waals surface area contributed by atoms with Crippen LogP contribution in [0.15, 0.2) is 54.0 Å². The number of anilines is 1. The molecule has 2 heterocycles. The van der Waals surface area contributed by atoms with E-state index < -0.39 is 0 Å². The smallest absolute Gasteiger partial charge is 0.133 e. The topological polar surface area (TPSA) is 45.5 Å². The van der Waals surface area contributed by atoms with Crippen molar-refractivity contribution in [3.63, 3.8) is 0 Å². The molecule has 1 aliphatic heterocycles. The van der Waals surface area contributed by atoms with E-state index in [-0.39, 0.29) is 0 Å². The first-order valence-electron chi connectivity index (χ1n) is 14.1. The molecule has 192 valence electrons. The van der Waals surface area contributed by atoms with Gasteiger partial charge in [-0.15, -0.1) is 0 Å². The lowest BCUT2D eigenvalue weighted by Gasteiger charge is -2.46. The summed E-state index contributed by atoms with van der Waals surface area (Å²) < 4.78 is 2.13. The summed E-state index contributed by atoms with van der Waals surface area (Å²) in [6, 6.07) is 12.1. The van der Waals surface area contributed by atoms with Crippen LogP contribution in [0.25, 0.3) is 10.8 Å². The van der Waals surface area contributed by atoms with Gasteiger partial charge >= 0.3 is 0 Å². The molecule has 0 radical (unpaired) electrons. The van der Waals surface area contributed by atoms with Crippen molar-refractivity contribution in [2.45, 2.75) is 72.4 Å². The van der Waals surface area contributed by atoms with E-state index >= 15 is 0 Å². The predicted octanol–water partition coefficient (Wildman–Crippen LogP) is 6.79. The number of nitrogens with zero attached hydrogens (tertiary/aromatic N) is 4. The minimum Gasteiger partial charge on any atom is -0.339 e. The highest BCUT2D eigenvalue weighted by molar-refractivity contribution is 6.26. The third kappa shape index (κ3) is 4.70. The molecule has 5 nitrogen and oxygen atoms in total. The molecule has 1 saturated carbocycles. The molecule has 0 spiro atoms. The fourth-order valence-electron chi connectivity index (χ4n) is 6.94. The second kappa shape index (κ2) is 10.8. The molecule has 4 unspecified atom stereocenters. The molecular weight excluding hydrogens is 442 g/mol. The summed E-state index contributed by atoms with van der Waals surface area (Å²) in [7, 11) is 0. The molecule has 1 fully saturated rings. The summed E-state index contributed by atoms with van der Waals surface area (Å²) in [6.07, 6.45) is 9.29. The minimum absolute atomic E-state index is 0.565. The second-order valence-electron chi connectivity index (χ2n) is 11.2. The van der Waals surface area contributed by atoms with Crippen LogP contribution in [-0.2, 0) is 6.54 Å². The zero-order valence-electron chi connectivity index (χ0n) is 22.7. The van der Waals surface area contributed by atoms with Crippen LogP contribution in [0.5, 0.6) is 0 Å². The number of benzene rings is 2. The number of aliphatic imine (C=N–C) groups is 1. The molecule has 1 aliphatic carbocycles. The van der Waals surface area contributed by atoms with Crippen LogP contribution in [-0.4, -0.2) is 46.0 Å². The maximum Gasteiger partial charge on any atom is 0.133 e. The molecule has 2 aromatic carbocycles. The fourth-order valence-corrected chi connectivity index (χ4v) is 6.94. The van der Waals surface area contributed by atoms with Gasteiger partial charge in [-0.05, 0) is 73.0 Å². The van der Waals surface area contributed by atoms with Crippen LogP contribution in [0.1, 0.15) is 70.9 Å². The second-order valence-corrected chi connectivity index (χ2v) is 11.2. The molecule has 0 amide bonds. The van der Waals surface area contributed by atoms with Crippen LogP contribution in [0.4, 0.5) is 5.69 Å². The Bertz CT molecular complexity index is 1190. The van der Waals surface area contributed by atoms with Gasteiger partial charge in [-0.3, -0.25) is 4.99 Å². The van der Waals surface area contributed by atoms with Crippen LogP contribution < -0.4 is 5.32 Å². The minimum atomic E-state index is 0.565. The Morgan fingerprint density at radius 1 is 1.14 bits per heavy atom. The van der Waals surface area contributed by atoms with Crippen molar-refractivity contribution in [2.24, 2.45) is 22.7 Å². The van der Waals surface area contributed by atoms with Crippen molar-refractivity contribution in [1.82, 2.24) is 14.5 Å². The fraction of sp³-hybridized carbons (Fsp3) is 0.548. The number of imidazole rings is 1. The first-order chi connectivity index (χ1) is 17.5. The number of nitrogens with one attached hydrogen (secondary N) is 1. The molecule has 0 bridgehead atoms. The highest BCUT2D eigenvalue weighted by atomic mass is 15.1. The largest absolute Gasteiger partial charge is 0.339 e. The summed E-state index contributed by atoms with van der Waals surface area (Å²) in [5.41, 5.74) is 4.09. The Morgan fingerprint density at radius 2 is 1.97 bits per heavy atom. The van der Waals surface area contributed by atoms with E-state index in [9.17, 15) is 0 Å². The number of aromatic nitrogens is 2.